The summed E-state index contributed by atoms with van der Waals surface area (Å²) >= 11 is 6.00. The van der Waals surface area contributed by atoms with Gasteiger partial charge in [0.05, 0.1) is 6.10 Å². The first-order chi connectivity index (χ1) is 8.60. The average Bonchev–Trinajstić information content (AvgIpc) is 2.33. The molecule has 2 nitrogen and oxygen atoms in total. The molecule has 0 fully saturated rings. The van der Waals surface area contributed by atoms with E-state index in [9.17, 15) is 9.50 Å². The minimum absolute atomic E-state index is 0.227. The Labute approximate surface area is 113 Å². The van der Waals surface area contributed by atoms with E-state index in [2.05, 4.69) is 6.92 Å². The predicted octanol–water partition coefficient (Wildman–Crippen LogP) is 3.46. The fourth-order valence-corrected chi connectivity index (χ4v) is 2.41. The maximum Gasteiger partial charge on any atom is 0.124 e. The van der Waals surface area contributed by atoms with Crippen molar-refractivity contribution in [2.45, 2.75) is 44.6 Å². The van der Waals surface area contributed by atoms with Gasteiger partial charge in [-0.3, -0.25) is 0 Å². The topological polar surface area (TPSA) is 46.2 Å². The first-order valence-electron chi connectivity index (χ1n) is 6.43. The Morgan fingerprint density at radius 1 is 1.39 bits per heavy atom. The second kappa shape index (κ2) is 7.72. The number of hydrogen-bond acceptors (Lipinski definition) is 2. The third kappa shape index (κ3) is 4.23. The third-order valence-electron chi connectivity index (χ3n) is 3.18. The first-order valence-corrected chi connectivity index (χ1v) is 6.81. The molecule has 2 atom stereocenters. The second-order valence-corrected chi connectivity index (χ2v) is 4.98. The molecule has 1 rings (SSSR count). The van der Waals surface area contributed by atoms with Crippen molar-refractivity contribution in [1.29, 1.82) is 0 Å². The molecule has 0 aromatic heterocycles. The van der Waals surface area contributed by atoms with Crippen LogP contribution in [-0.2, 0) is 0 Å². The van der Waals surface area contributed by atoms with Gasteiger partial charge in [0.25, 0.3) is 0 Å². The van der Waals surface area contributed by atoms with E-state index in [1.165, 1.54) is 12.1 Å². The van der Waals surface area contributed by atoms with E-state index in [1.54, 1.807) is 6.07 Å². The zero-order valence-corrected chi connectivity index (χ0v) is 11.5. The lowest BCUT2D eigenvalue weighted by molar-refractivity contribution is 0.132. The van der Waals surface area contributed by atoms with Gasteiger partial charge in [-0.15, -0.1) is 0 Å². The van der Waals surface area contributed by atoms with Crippen LogP contribution in [0, 0.1) is 5.82 Å². The number of unbranched alkanes of at least 4 members (excludes halogenated alkanes) is 2. The number of benzene rings is 1. The lowest BCUT2D eigenvalue weighted by atomic mass is 9.90. The van der Waals surface area contributed by atoms with Gasteiger partial charge in [0.1, 0.15) is 5.82 Å². The van der Waals surface area contributed by atoms with E-state index in [1.807, 2.05) is 0 Å². The Hall–Kier alpha value is -0.640. The molecule has 1 aromatic rings. The maximum absolute atomic E-state index is 13.0. The Bertz CT molecular complexity index is 373. The number of aliphatic hydroxyl groups excluding tert-OH is 1. The van der Waals surface area contributed by atoms with Crippen molar-refractivity contribution in [1.82, 2.24) is 0 Å². The summed E-state index contributed by atoms with van der Waals surface area (Å²) < 4.78 is 13.0. The van der Waals surface area contributed by atoms with Gasteiger partial charge in [0.2, 0.25) is 0 Å². The molecule has 0 spiro atoms. The SMILES string of the molecule is CCCCCC(O)C(CN)c1ccc(F)cc1Cl. The van der Waals surface area contributed by atoms with Gasteiger partial charge in [0.15, 0.2) is 0 Å². The molecule has 4 heteroatoms. The van der Waals surface area contributed by atoms with Crippen LogP contribution in [0.1, 0.15) is 44.1 Å². The largest absolute Gasteiger partial charge is 0.392 e. The van der Waals surface area contributed by atoms with E-state index in [4.69, 9.17) is 17.3 Å². The highest BCUT2D eigenvalue weighted by Gasteiger charge is 2.21. The van der Waals surface area contributed by atoms with E-state index >= 15 is 0 Å². The van der Waals surface area contributed by atoms with E-state index in [0.717, 1.165) is 24.8 Å². The quantitative estimate of drug-likeness (QED) is 0.748. The van der Waals surface area contributed by atoms with Crippen molar-refractivity contribution in [3.8, 4) is 0 Å². The molecule has 0 aliphatic heterocycles. The van der Waals surface area contributed by atoms with Gasteiger partial charge in [-0.25, -0.2) is 4.39 Å². The molecule has 102 valence electrons. The van der Waals surface area contributed by atoms with Crippen molar-refractivity contribution in [2.24, 2.45) is 5.73 Å². The molecular weight excluding hydrogens is 253 g/mol. The highest BCUT2D eigenvalue weighted by molar-refractivity contribution is 6.31. The zero-order valence-electron chi connectivity index (χ0n) is 10.7. The summed E-state index contributed by atoms with van der Waals surface area (Å²) in [4.78, 5) is 0. The first kappa shape index (κ1) is 15.4. The van der Waals surface area contributed by atoms with Crippen molar-refractivity contribution in [2.75, 3.05) is 6.54 Å². The van der Waals surface area contributed by atoms with E-state index in [-0.39, 0.29) is 11.7 Å². The molecule has 3 N–H and O–H groups in total. The molecule has 0 saturated heterocycles. The summed E-state index contributed by atoms with van der Waals surface area (Å²) in [5.74, 6) is -0.602. The standard InChI is InChI=1S/C14H21ClFNO/c1-2-3-4-5-14(18)12(9-17)11-7-6-10(16)8-13(11)15/h6-8,12,14,18H,2-5,9,17H2,1H3. The molecular formula is C14H21ClFNO. The Kier molecular flexibility index (Phi) is 6.61. The summed E-state index contributed by atoms with van der Waals surface area (Å²) in [5.41, 5.74) is 6.43. The third-order valence-corrected chi connectivity index (χ3v) is 3.51. The molecule has 18 heavy (non-hydrogen) atoms. The molecule has 1 aromatic carbocycles. The van der Waals surface area contributed by atoms with Gasteiger partial charge >= 0.3 is 0 Å². The van der Waals surface area contributed by atoms with Crippen molar-refractivity contribution >= 4 is 11.6 Å². The average molecular weight is 274 g/mol. The molecule has 0 aliphatic rings. The minimum Gasteiger partial charge on any atom is -0.392 e. The molecule has 0 saturated carbocycles. The second-order valence-electron chi connectivity index (χ2n) is 4.57. The Morgan fingerprint density at radius 3 is 2.67 bits per heavy atom. The minimum atomic E-state index is -0.524. The number of hydrogen-bond donors (Lipinski definition) is 2. The van der Waals surface area contributed by atoms with Crippen LogP contribution >= 0.6 is 11.6 Å². The number of halogens is 2. The van der Waals surface area contributed by atoms with Gasteiger partial charge in [-0.2, -0.15) is 0 Å². The number of aliphatic hydroxyl groups is 1. The Morgan fingerprint density at radius 2 is 2.11 bits per heavy atom. The summed E-state index contributed by atoms with van der Waals surface area (Å²) in [6, 6.07) is 4.22. The number of rotatable bonds is 7. The van der Waals surface area contributed by atoms with Crippen LogP contribution in [0.5, 0.6) is 0 Å². The summed E-state index contributed by atoms with van der Waals surface area (Å²) in [6.45, 7) is 2.42. The normalized spacial score (nSPS) is 14.5. The molecule has 0 radical (unpaired) electrons. The smallest absolute Gasteiger partial charge is 0.124 e. The van der Waals surface area contributed by atoms with Gasteiger partial charge in [0, 0.05) is 17.5 Å². The molecule has 0 amide bonds. The zero-order chi connectivity index (χ0) is 13.5. The van der Waals surface area contributed by atoms with Crippen LogP contribution in [0.3, 0.4) is 0 Å². The monoisotopic (exact) mass is 273 g/mol. The summed E-state index contributed by atoms with van der Waals surface area (Å²) in [6.07, 6.45) is 3.34. The molecule has 0 heterocycles. The van der Waals surface area contributed by atoms with E-state index < -0.39 is 6.10 Å². The molecule has 2 unspecified atom stereocenters. The van der Waals surface area contributed by atoms with E-state index in [0.29, 0.717) is 18.0 Å². The Balaban J connectivity index is 2.75. The van der Waals surface area contributed by atoms with Gasteiger partial charge < -0.3 is 10.8 Å². The van der Waals surface area contributed by atoms with Gasteiger partial charge in [-0.05, 0) is 24.1 Å². The van der Waals surface area contributed by atoms with Crippen molar-refractivity contribution in [3.05, 3.63) is 34.6 Å². The van der Waals surface area contributed by atoms with Gasteiger partial charge in [-0.1, -0.05) is 43.9 Å². The summed E-state index contributed by atoms with van der Waals surface area (Å²) in [7, 11) is 0. The molecule has 0 aliphatic carbocycles. The predicted molar refractivity (Wildman–Crippen MR) is 73.4 cm³/mol. The maximum atomic E-state index is 13.0. The van der Waals surface area contributed by atoms with Crippen LogP contribution in [0.2, 0.25) is 5.02 Å². The van der Waals surface area contributed by atoms with Crippen LogP contribution in [0.4, 0.5) is 4.39 Å². The highest BCUT2D eigenvalue weighted by Crippen LogP contribution is 2.29. The van der Waals surface area contributed by atoms with Crippen molar-refractivity contribution in [3.63, 3.8) is 0 Å². The lowest BCUT2D eigenvalue weighted by Gasteiger charge is -2.23. The fraction of sp³-hybridized carbons (Fsp3) is 0.571. The molecule has 0 bridgehead atoms. The van der Waals surface area contributed by atoms with Crippen LogP contribution in [-0.4, -0.2) is 17.8 Å². The van der Waals surface area contributed by atoms with Crippen LogP contribution < -0.4 is 5.73 Å². The number of nitrogens with two attached hydrogens (primary N) is 1. The van der Waals surface area contributed by atoms with Crippen LogP contribution in [0.15, 0.2) is 18.2 Å². The van der Waals surface area contributed by atoms with Crippen molar-refractivity contribution < 1.29 is 9.50 Å². The lowest BCUT2D eigenvalue weighted by Crippen LogP contribution is -2.26. The fourth-order valence-electron chi connectivity index (χ4n) is 2.10. The summed E-state index contributed by atoms with van der Waals surface area (Å²) in [5, 5.41) is 10.5. The highest BCUT2D eigenvalue weighted by atomic mass is 35.5. The van der Waals surface area contributed by atoms with Crippen LogP contribution in [0.25, 0.3) is 0 Å².